The molecule has 0 saturated carbocycles. The van der Waals surface area contributed by atoms with E-state index in [1.165, 1.54) is 0 Å². The van der Waals surface area contributed by atoms with Crippen LogP contribution in [0, 0.1) is 0 Å². The number of nitrogens with zero attached hydrogens (tertiary/aromatic N) is 1. The molecule has 0 aliphatic heterocycles. The third kappa shape index (κ3) is 3.55. The molecule has 0 aliphatic rings. The van der Waals surface area contributed by atoms with Crippen LogP contribution in [0.3, 0.4) is 0 Å². The fraction of sp³-hybridized carbons (Fsp3) is 0.500. The van der Waals surface area contributed by atoms with Crippen LogP contribution in [0.1, 0.15) is 23.7 Å². The van der Waals surface area contributed by atoms with Gasteiger partial charge in [0.05, 0.1) is 11.7 Å². The summed E-state index contributed by atoms with van der Waals surface area (Å²) in [5, 5.41) is 27.4. The van der Waals surface area contributed by atoms with Gasteiger partial charge < -0.3 is 15.3 Å². The molecule has 1 aromatic rings. The van der Waals surface area contributed by atoms with E-state index < -0.39 is 36.1 Å². The van der Waals surface area contributed by atoms with Gasteiger partial charge in [-0.1, -0.05) is 11.6 Å². The predicted molar refractivity (Wildman–Crippen MR) is 56.9 cm³/mol. The van der Waals surface area contributed by atoms with Gasteiger partial charge in [0, 0.05) is 12.8 Å². The van der Waals surface area contributed by atoms with Crippen molar-refractivity contribution in [1.82, 2.24) is 4.98 Å². The third-order valence-electron chi connectivity index (χ3n) is 2.32. The number of aliphatic hydroxyl groups is 3. The summed E-state index contributed by atoms with van der Waals surface area (Å²) in [6, 6.07) is 0.843. The topological polar surface area (TPSA) is 73.6 Å². The first-order chi connectivity index (χ1) is 8.27. The molecular weight excluding hydrogens is 275 g/mol. The molecule has 4 nitrogen and oxygen atoms in total. The molecule has 102 valence electrons. The lowest BCUT2D eigenvalue weighted by Crippen LogP contribution is -2.23. The zero-order valence-electron chi connectivity index (χ0n) is 9.02. The number of pyridine rings is 1. The molecule has 0 fully saturated rings. The maximum atomic E-state index is 12.7. The molecule has 1 aromatic heterocycles. The van der Waals surface area contributed by atoms with Gasteiger partial charge in [-0.05, 0) is 18.1 Å². The summed E-state index contributed by atoms with van der Waals surface area (Å²) in [7, 11) is 0. The molecule has 0 amide bonds. The predicted octanol–water partition coefficient (Wildman–Crippen LogP) is 1.53. The molecule has 1 rings (SSSR count). The molecular formula is C10H11ClF3NO3. The minimum absolute atomic E-state index is 0.228. The Balaban J connectivity index is 3.17. The highest BCUT2D eigenvalue weighted by Crippen LogP contribution is 2.36. The van der Waals surface area contributed by atoms with Gasteiger partial charge in [0.15, 0.2) is 0 Å². The molecule has 0 saturated heterocycles. The van der Waals surface area contributed by atoms with E-state index in [1.807, 2.05) is 0 Å². The number of alkyl halides is 3. The number of hydrogen-bond donors (Lipinski definition) is 3. The van der Waals surface area contributed by atoms with Crippen LogP contribution in [0.2, 0.25) is 5.15 Å². The largest absolute Gasteiger partial charge is 0.418 e. The van der Waals surface area contributed by atoms with E-state index in [1.54, 1.807) is 0 Å². The molecule has 0 spiro atoms. The fourth-order valence-corrected chi connectivity index (χ4v) is 1.59. The van der Waals surface area contributed by atoms with Crippen molar-refractivity contribution in [3.63, 3.8) is 0 Å². The first-order valence-corrected chi connectivity index (χ1v) is 5.34. The highest BCUT2D eigenvalue weighted by molar-refractivity contribution is 6.29. The lowest BCUT2D eigenvalue weighted by molar-refractivity contribution is -0.140. The normalized spacial score (nSPS) is 15.5. The maximum Gasteiger partial charge on any atom is 0.418 e. The van der Waals surface area contributed by atoms with Crippen LogP contribution in [0.15, 0.2) is 12.3 Å². The van der Waals surface area contributed by atoms with Crippen LogP contribution in [0.25, 0.3) is 0 Å². The Kier molecular flexibility index (Phi) is 4.92. The zero-order chi connectivity index (χ0) is 13.9. The van der Waals surface area contributed by atoms with E-state index in [0.29, 0.717) is 6.20 Å². The molecule has 8 heteroatoms. The van der Waals surface area contributed by atoms with E-state index in [2.05, 4.69) is 4.98 Å². The van der Waals surface area contributed by atoms with Gasteiger partial charge in [-0.15, -0.1) is 0 Å². The fourth-order valence-electron chi connectivity index (χ4n) is 1.42. The molecule has 2 atom stereocenters. The Morgan fingerprint density at radius 2 is 1.94 bits per heavy atom. The van der Waals surface area contributed by atoms with Gasteiger partial charge in [0.2, 0.25) is 0 Å². The van der Waals surface area contributed by atoms with Gasteiger partial charge in [-0.3, -0.25) is 0 Å². The van der Waals surface area contributed by atoms with Crippen molar-refractivity contribution >= 4 is 11.6 Å². The van der Waals surface area contributed by atoms with Crippen molar-refractivity contribution in [3.05, 3.63) is 28.5 Å². The molecule has 0 aromatic carbocycles. The van der Waals surface area contributed by atoms with E-state index in [9.17, 15) is 23.4 Å². The van der Waals surface area contributed by atoms with Crippen LogP contribution in [0.4, 0.5) is 13.2 Å². The van der Waals surface area contributed by atoms with E-state index in [-0.39, 0.29) is 11.6 Å². The number of aliphatic hydroxyl groups excluding tert-OH is 3. The highest BCUT2D eigenvalue weighted by atomic mass is 35.5. The lowest BCUT2D eigenvalue weighted by atomic mass is 9.99. The quantitative estimate of drug-likeness (QED) is 0.734. The van der Waals surface area contributed by atoms with Gasteiger partial charge in [-0.25, -0.2) is 4.98 Å². The van der Waals surface area contributed by atoms with Crippen molar-refractivity contribution in [1.29, 1.82) is 0 Å². The maximum absolute atomic E-state index is 12.7. The lowest BCUT2D eigenvalue weighted by Gasteiger charge is -2.21. The van der Waals surface area contributed by atoms with Crippen LogP contribution in [-0.4, -0.2) is 33.0 Å². The van der Waals surface area contributed by atoms with E-state index in [0.717, 1.165) is 6.07 Å². The molecule has 0 bridgehead atoms. The first-order valence-electron chi connectivity index (χ1n) is 4.97. The SMILES string of the molecule is OCCC(O)C(O)c1cc(Cl)ncc1C(F)(F)F. The Bertz CT molecular complexity index is 414. The summed E-state index contributed by atoms with van der Waals surface area (Å²) in [6.07, 6.45) is -7.79. The average molecular weight is 286 g/mol. The first kappa shape index (κ1) is 15.2. The molecule has 18 heavy (non-hydrogen) atoms. The molecule has 2 unspecified atom stereocenters. The third-order valence-corrected chi connectivity index (χ3v) is 2.52. The summed E-state index contributed by atoms with van der Waals surface area (Å²) < 4.78 is 38.0. The van der Waals surface area contributed by atoms with Crippen molar-refractivity contribution in [2.45, 2.75) is 24.8 Å². The van der Waals surface area contributed by atoms with Crippen molar-refractivity contribution < 1.29 is 28.5 Å². The van der Waals surface area contributed by atoms with E-state index in [4.69, 9.17) is 16.7 Å². The highest BCUT2D eigenvalue weighted by Gasteiger charge is 2.37. The Morgan fingerprint density at radius 1 is 1.33 bits per heavy atom. The second-order valence-corrected chi connectivity index (χ2v) is 4.00. The van der Waals surface area contributed by atoms with Crippen LogP contribution >= 0.6 is 11.6 Å². The molecule has 1 heterocycles. The summed E-state index contributed by atoms with van der Waals surface area (Å²) in [4.78, 5) is 3.30. The van der Waals surface area contributed by atoms with Gasteiger partial charge in [-0.2, -0.15) is 13.2 Å². The van der Waals surface area contributed by atoms with Crippen LogP contribution < -0.4 is 0 Å². The zero-order valence-corrected chi connectivity index (χ0v) is 9.78. The minimum atomic E-state index is -4.72. The second kappa shape index (κ2) is 5.83. The Hall–Kier alpha value is -0.890. The number of hydrogen-bond acceptors (Lipinski definition) is 4. The number of rotatable bonds is 4. The van der Waals surface area contributed by atoms with Crippen molar-refractivity contribution in [2.75, 3.05) is 6.61 Å². The Morgan fingerprint density at radius 3 is 2.44 bits per heavy atom. The monoisotopic (exact) mass is 285 g/mol. The molecule has 0 aliphatic carbocycles. The minimum Gasteiger partial charge on any atom is -0.396 e. The summed E-state index contributed by atoms with van der Waals surface area (Å²) in [5.74, 6) is 0. The number of halogens is 4. The van der Waals surface area contributed by atoms with E-state index >= 15 is 0 Å². The molecule has 0 radical (unpaired) electrons. The van der Waals surface area contributed by atoms with Gasteiger partial charge in [0.25, 0.3) is 0 Å². The molecule has 3 N–H and O–H groups in total. The van der Waals surface area contributed by atoms with Crippen LogP contribution in [-0.2, 0) is 6.18 Å². The number of aromatic nitrogens is 1. The summed E-state index contributed by atoms with van der Waals surface area (Å²) in [6.45, 7) is -0.460. The smallest absolute Gasteiger partial charge is 0.396 e. The average Bonchev–Trinajstić information content (AvgIpc) is 2.26. The van der Waals surface area contributed by atoms with Crippen molar-refractivity contribution in [2.24, 2.45) is 0 Å². The van der Waals surface area contributed by atoms with Crippen molar-refractivity contribution in [3.8, 4) is 0 Å². The Labute approximate surface area is 106 Å². The van der Waals surface area contributed by atoms with Gasteiger partial charge >= 0.3 is 6.18 Å². The summed E-state index contributed by atoms with van der Waals surface area (Å²) in [5.41, 5.74) is -1.74. The summed E-state index contributed by atoms with van der Waals surface area (Å²) >= 11 is 5.47. The van der Waals surface area contributed by atoms with Gasteiger partial charge in [0.1, 0.15) is 11.3 Å². The second-order valence-electron chi connectivity index (χ2n) is 3.62. The standard InChI is InChI=1S/C10H11ClF3NO3/c11-8-3-5(9(18)7(17)1-2-16)6(4-15-8)10(12,13)14/h3-4,7,9,16-18H,1-2H2. The van der Waals surface area contributed by atoms with Crippen LogP contribution in [0.5, 0.6) is 0 Å².